The molecular weight excluding hydrogens is 545 g/mol. The second-order valence-electron chi connectivity index (χ2n) is 10.8. The highest BCUT2D eigenvalue weighted by atomic mass is 32.1. The number of para-hydroxylation sites is 1. The van der Waals surface area contributed by atoms with Crippen molar-refractivity contribution < 1.29 is 4.42 Å². The summed E-state index contributed by atoms with van der Waals surface area (Å²) in [6.45, 7) is 0. The number of benzene rings is 6. The van der Waals surface area contributed by atoms with E-state index < -0.39 is 0 Å². The highest BCUT2D eigenvalue weighted by molar-refractivity contribution is 7.26. The molecule has 0 bridgehead atoms. The fraction of sp³-hybridized carbons (Fsp3) is 0. The first-order valence-electron chi connectivity index (χ1n) is 14.4. The van der Waals surface area contributed by atoms with Crippen molar-refractivity contribution in [1.82, 2.24) is 4.98 Å². The molecule has 4 heteroatoms. The van der Waals surface area contributed by atoms with Crippen molar-refractivity contribution in [3.05, 3.63) is 146 Å². The molecule has 0 unspecified atom stereocenters. The van der Waals surface area contributed by atoms with Gasteiger partial charge in [-0.15, -0.1) is 11.3 Å². The standard InChI is InChI=1S/C39H24N2OS/c1-2-6-25(7-3-1)26-10-13-28(14-11-26)41(30-15-17-33-32-8-4-5-9-35(32)42-36(33)23-30)29-16-19-37-34(22-29)39-31-20-21-40-24-27(31)12-18-38(39)43-37/h1-24H. The van der Waals surface area contributed by atoms with Gasteiger partial charge in [-0.3, -0.25) is 4.98 Å². The lowest BCUT2D eigenvalue weighted by atomic mass is 10.0. The molecule has 9 aromatic rings. The number of furan rings is 1. The van der Waals surface area contributed by atoms with Gasteiger partial charge in [0.05, 0.1) is 0 Å². The van der Waals surface area contributed by atoms with Crippen LogP contribution in [0.3, 0.4) is 0 Å². The van der Waals surface area contributed by atoms with E-state index in [0.29, 0.717) is 0 Å². The Morgan fingerprint density at radius 2 is 1.23 bits per heavy atom. The third-order valence-electron chi connectivity index (χ3n) is 8.35. The molecule has 43 heavy (non-hydrogen) atoms. The Hall–Kier alpha value is -5.45. The van der Waals surface area contributed by atoms with Crippen molar-refractivity contribution in [3.8, 4) is 11.1 Å². The van der Waals surface area contributed by atoms with E-state index in [0.717, 1.165) is 44.4 Å². The minimum absolute atomic E-state index is 0.880. The van der Waals surface area contributed by atoms with Crippen molar-refractivity contribution >= 4 is 81.3 Å². The van der Waals surface area contributed by atoms with Gasteiger partial charge in [-0.05, 0) is 77.2 Å². The smallest absolute Gasteiger partial charge is 0.137 e. The lowest BCUT2D eigenvalue weighted by Gasteiger charge is -2.26. The van der Waals surface area contributed by atoms with E-state index in [9.17, 15) is 0 Å². The summed E-state index contributed by atoms with van der Waals surface area (Å²) in [6, 6.07) is 47.5. The molecule has 0 saturated heterocycles. The summed E-state index contributed by atoms with van der Waals surface area (Å²) in [7, 11) is 0. The van der Waals surface area contributed by atoms with Gasteiger partial charge in [0, 0.05) is 71.9 Å². The average Bonchev–Trinajstić information content (AvgIpc) is 3.63. The Morgan fingerprint density at radius 3 is 2.14 bits per heavy atom. The molecule has 0 fully saturated rings. The summed E-state index contributed by atoms with van der Waals surface area (Å²) < 4.78 is 8.88. The lowest BCUT2D eigenvalue weighted by molar-refractivity contribution is 0.669. The number of pyridine rings is 1. The van der Waals surface area contributed by atoms with Crippen LogP contribution in [0.4, 0.5) is 17.1 Å². The van der Waals surface area contributed by atoms with Crippen molar-refractivity contribution in [2.75, 3.05) is 4.90 Å². The van der Waals surface area contributed by atoms with E-state index in [4.69, 9.17) is 4.42 Å². The summed E-state index contributed by atoms with van der Waals surface area (Å²) >= 11 is 1.84. The molecule has 0 saturated carbocycles. The highest BCUT2D eigenvalue weighted by Gasteiger charge is 2.18. The molecule has 0 spiro atoms. The number of rotatable bonds is 4. The van der Waals surface area contributed by atoms with Crippen molar-refractivity contribution in [3.63, 3.8) is 0 Å². The number of nitrogens with zero attached hydrogens (tertiary/aromatic N) is 2. The fourth-order valence-electron chi connectivity index (χ4n) is 6.31. The Kier molecular flexibility index (Phi) is 5.37. The van der Waals surface area contributed by atoms with Gasteiger partial charge in [-0.1, -0.05) is 66.7 Å². The van der Waals surface area contributed by atoms with Crippen LogP contribution < -0.4 is 4.90 Å². The Labute approximate surface area is 251 Å². The molecule has 0 aliphatic carbocycles. The lowest BCUT2D eigenvalue weighted by Crippen LogP contribution is -2.09. The van der Waals surface area contributed by atoms with E-state index in [-0.39, 0.29) is 0 Å². The van der Waals surface area contributed by atoms with Crippen LogP contribution in [0.15, 0.2) is 150 Å². The van der Waals surface area contributed by atoms with Crippen molar-refractivity contribution in [2.45, 2.75) is 0 Å². The maximum atomic E-state index is 6.32. The molecule has 3 heterocycles. The van der Waals surface area contributed by atoms with Gasteiger partial charge < -0.3 is 9.32 Å². The number of thiophene rings is 1. The fourth-order valence-corrected chi connectivity index (χ4v) is 7.41. The van der Waals surface area contributed by atoms with Crippen LogP contribution in [-0.4, -0.2) is 4.98 Å². The molecule has 0 N–H and O–H groups in total. The van der Waals surface area contributed by atoms with Gasteiger partial charge in [-0.2, -0.15) is 0 Å². The summed E-state index contributed by atoms with van der Waals surface area (Å²) in [5, 5.41) is 7.19. The minimum Gasteiger partial charge on any atom is -0.456 e. The predicted molar refractivity (Wildman–Crippen MR) is 182 cm³/mol. The predicted octanol–water partition coefficient (Wildman–Crippen LogP) is 11.6. The van der Waals surface area contributed by atoms with Gasteiger partial charge in [0.2, 0.25) is 0 Å². The summed E-state index contributed by atoms with van der Waals surface area (Å²) in [4.78, 5) is 6.70. The number of anilines is 3. The summed E-state index contributed by atoms with van der Waals surface area (Å²) in [5.74, 6) is 0. The second-order valence-corrected chi connectivity index (χ2v) is 11.9. The SMILES string of the molecule is c1ccc(-c2ccc(N(c3ccc4c(c3)oc3ccccc34)c3ccc4sc5ccc6cnccc6c5c4c3)cc2)cc1. The maximum absolute atomic E-state index is 6.32. The van der Waals surface area contributed by atoms with Gasteiger partial charge in [0.1, 0.15) is 11.2 Å². The summed E-state index contributed by atoms with van der Waals surface area (Å²) in [6.07, 6.45) is 3.84. The van der Waals surface area contributed by atoms with E-state index in [1.807, 2.05) is 35.9 Å². The number of fused-ring (bicyclic) bond motifs is 8. The Balaban J connectivity index is 1.26. The minimum atomic E-state index is 0.880. The first-order valence-corrected chi connectivity index (χ1v) is 15.2. The number of hydrogen-bond acceptors (Lipinski definition) is 4. The van der Waals surface area contributed by atoms with Gasteiger partial charge in [0.15, 0.2) is 0 Å². The second kappa shape index (κ2) is 9.55. The molecule has 0 aliphatic heterocycles. The zero-order valence-corrected chi connectivity index (χ0v) is 23.9. The zero-order valence-electron chi connectivity index (χ0n) is 23.1. The first kappa shape index (κ1) is 24.2. The van der Waals surface area contributed by atoms with Gasteiger partial charge in [-0.25, -0.2) is 0 Å². The zero-order chi connectivity index (χ0) is 28.3. The third-order valence-corrected chi connectivity index (χ3v) is 9.48. The van der Waals surface area contributed by atoms with Crippen LogP contribution in [0.25, 0.3) is 64.0 Å². The molecule has 3 aromatic heterocycles. The van der Waals surface area contributed by atoms with Crippen LogP contribution in [0.1, 0.15) is 0 Å². The van der Waals surface area contributed by atoms with Crippen molar-refractivity contribution in [1.29, 1.82) is 0 Å². The normalized spacial score (nSPS) is 11.7. The van der Waals surface area contributed by atoms with Gasteiger partial charge in [0.25, 0.3) is 0 Å². The molecule has 202 valence electrons. The van der Waals surface area contributed by atoms with E-state index >= 15 is 0 Å². The first-order chi connectivity index (χ1) is 21.3. The number of aromatic nitrogens is 1. The molecule has 0 aliphatic rings. The van der Waals surface area contributed by atoms with Crippen LogP contribution in [-0.2, 0) is 0 Å². The van der Waals surface area contributed by atoms with Crippen LogP contribution >= 0.6 is 11.3 Å². The largest absolute Gasteiger partial charge is 0.456 e. The molecule has 0 atom stereocenters. The van der Waals surface area contributed by atoms with E-state index in [1.165, 1.54) is 36.7 Å². The molecular formula is C39H24N2OS. The van der Waals surface area contributed by atoms with Crippen LogP contribution in [0.5, 0.6) is 0 Å². The third kappa shape index (κ3) is 3.92. The molecule has 0 amide bonds. The Bertz CT molecular complexity index is 2460. The molecule has 0 radical (unpaired) electrons. The maximum Gasteiger partial charge on any atom is 0.137 e. The average molecular weight is 569 g/mol. The Morgan fingerprint density at radius 1 is 0.512 bits per heavy atom. The van der Waals surface area contributed by atoms with E-state index in [2.05, 4.69) is 131 Å². The molecule has 3 nitrogen and oxygen atoms in total. The number of hydrogen-bond donors (Lipinski definition) is 0. The molecule has 6 aromatic carbocycles. The van der Waals surface area contributed by atoms with Crippen molar-refractivity contribution in [2.24, 2.45) is 0 Å². The van der Waals surface area contributed by atoms with E-state index in [1.54, 1.807) is 0 Å². The summed E-state index contributed by atoms with van der Waals surface area (Å²) in [5.41, 5.74) is 7.41. The van der Waals surface area contributed by atoms with Crippen LogP contribution in [0, 0.1) is 0 Å². The molecule has 9 rings (SSSR count). The monoisotopic (exact) mass is 568 g/mol. The topological polar surface area (TPSA) is 29.3 Å². The quantitative estimate of drug-likeness (QED) is 0.211. The highest BCUT2D eigenvalue weighted by Crippen LogP contribution is 2.44. The van der Waals surface area contributed by atoms with Gasteiger partial charge >= 0.3 is 0 Å². The van der Waals surface area contributed by atoms with Crippen LogP contribution in [0.2, 0.25) is 0 Å².